The molecule has 6 nitrogen and oxygen atoms in total. The molecule has 0 aliphatic carbocycles. The zero-order chi connectivity index (χ0) is 12.5. The second kappa shape index (κ2) is 4.70. The van der Waals surface area contributed by atoms with E-state index in [9.17, 15) is 4.79 Å². The van der Waals surface area contributed by atoms with Gasteiger partial charge in [0.2, 0.25) is 5.76 Å². The number of amides is 1. The summed E-state index contributed by atoms with van der Waals surface area (Å²) >= 11 is 0. The third kappa shape index (κ3) is 2.02. The molecule has 3 rings (SSSR count). The molecule has 2 aliphatic heterocycles. The number of likely N-dealkylation sites (tertiary alicyclic amines) is 1. The minimum atomic E-state index is -0.0311. The Morgan fingerprint density at radius 3 is 2.78 bits per heavy atom. The van der Waals surface area contributed by atoms with Crippen LogP contribution in [0.1, 0.15) is 16.1 Å². The fraction of sp³-hybridized carbons (Fsp3) is 0.667. The number of piperazine rings is 1. The Kier molecular flexibility index (Phi) is 3.05. The van der Waals surface area contributed by atoms with Gasteiger partial charge in [-0.1, -0.05) is 5.16 Å². The van der Waals surface area contributed by atoms with Crippen LogP contribution in [0.2, 0.25) is 0 Å². The zero-order valence-electron chi connectivity index (χ0n) is 10.6. The van der Waals surface area contributed by atoms with Crippen molar-refractivity contribution in [1.29, 1.82) is 0 Å². The largest absolute Gasteiger partial charge is 0.351 e. The Labute approximate surface area is 106 Å². The van der Waals surface area contributed by atoms with Crippen LogP contribution in [0.3, 0.4) is 0 Å². The lowest BCUT2D eigenvalue weighted by atomic mass is 10.1. The van der Waals surface area contributed by atoms with Crippen molar-refractivity contribution in [3.8, 4) is 0 Å². The zero-order valence-corrected chi connectivity index (χ0v) is 10.6. The Balaban J connectivity index is 1.55. The topological polar surface area (TPSA) is 61.6 Å². The SMILES string of the molecule is Cc1cnoc1C(=O)N1CC(N2CCNCC2)C1. The number of aryl methyl sites for hydroxylation is 1. The van der Waals surface area contributed by atoms with Crippen molar-refractivity contribution in [2.45, 2.75) is 13.0 Å². The van der Waals surface area contributed by atoms with Gasteiger partial charge < -0.3 is 14.7 Å². The first kappa shape index (κ1) is 11.7. The minimum Gasteiger partial charge on any atom is -0.351 e. The Morgan fingerprint density at radius 2 is 2.17 bits per heavy atom. The molecule has 0 saturated carbocycles. The van der Waals surface area contributed by atoms with Crippen molar-refractivity contribution < 1.29 is 9.32 Å². The van der Waals surface area contributed by atoms with E-state index in [-0.39, 0.29) is 5.91 Å². The van der Waals surface area contributed by atoms with E-state index in [0.29, 0.717) is 11.8 Å². The van der Waals surface area contributed by atoms with Gasteiger partial charge in [0.15, 0.2) is 0 Å². The van der Waals surface area contributed by atoms with E-state index in [4.69, 9.17) is 4.52 Å². The summed E-state index contributed by atoms with van der Waals surface area (Å²) in [5.41, 5.74) is 0.811. The van der Waals surface area contributed by atoms with Crippen molar-refractivity contribution in [3.63, 3.8) is 0 Å². The number of hydrogen-bond acceptors (Lipinski definition) is 5. The van der Waals surface area contributed by atoms with E-state index >= 15 is 0 Å². The molecule has 1 aromatic heterocycles. The number of carbonyl (C=O) groups excluding carboxylic acids is 1. The molecule has 2 saturated heterocycles. The molecule has 1 N–H and O–H groups in total. The summed E-state index contributed by atoms with van der Waals surface area (Å²) in [5, 5.41) is 6.99. The van der Waals surface area contributed by atoms with Crippen molar-refractivity contribution in [2.75, 3.05) is 39.3 Å². The predicted octanol–water partition coefficient (Wildman–Crippen LogP) is -0.287. The first-order valence-electron chi connectivity index (χ1n) is 6.41. The summed E-state index contributed by atoms with van der Waals surface area (Å²) in [6, 6.07) is 0.513. The highest BCUT2D eigenvalue weighted by Crippen LogP contribution is 2.19. The maximum Gasteiger partial charge on any atom is 0.292 e. The standard InChI is InChI=1S/C12H18N4O2/c1-9-6-14-18-11(9)12(17)16-7-10(8-16)15-4-2-13-3-5-15/h6,10,13H,2-5,7-8H2,1H3. The van der Waals surface area contributed by atoms with Crippen LogP contribution in [-0.2, 0) is 0 Å². The van der Waals surface area contributed by atoms with Crippen LogP contribution in [0.25, 0.3) is 0 Å². The van der Waals surface area contributed by atoms with Crippen LogP contribution in [0.4, 0.5) is 0 Å². The fourth-order valence-corrected chi connectivity index (χ4v) is 2.54. The third-order valence-electron chi connectivity index (χ3n) is 3.76. The lowest BCUT2D eigenvalue weighted by Gasteiger charge is -2.46. The van der Waals surface area contributed by atoms with E-state index in [0.717, 1.165) is 44.8 Å². The molecule has 98 valence electrons. The van der Waals surface area contributed by atoms with Gasteiger partial charge >= 0.3 is 0 Å². The maximum absolute atomic E-state index is 12.1. The third-order valence-corrected chi connectivity index (χ3v) is 3.76. The highest BCUT2D eigenvalue weighted by Gasteiger charge is 2.37. The van der Waals surface area contributed by atoms with Crippen molar-refractivity contribution in [1.82, 2.24) is 20.3 Å². The lowest BCUT2D eigenvalue weighted by Crippen LogP contribution is -2.63. The fourth-order valence-electron chi connectivity index (χ4n) is 2.54. The molecule has 6 heteroatoms. The molecular weight excluding hydrogens is 232 g/mol. The van der Waals surface area contributed by atoms with Crippen molar-refractivity contribution in [2.24, 2.45) is 0 Å². The molecule has 2 aliphatic rings. The monoisotopic (exact) mass is 250 g/mol. The first-order valence-corrected chi connectivity index (χ1v) is 6.41. The van der Waals surface area contributed by atoms with Crippen LogP contribution in [0.15, 0.2) is 10.7 Å². The molecule has 0 aromatic carbocycles. The summed E-state index contributed by atoms with van der Waals surface area (Å²) in [7, 11) is 0. The lowest BCUT2D eigenvalue weighted by molar-refractivity contribution is 0.0198. The second-order valence-electron chi connectivity index (χ2n) is 4.99. The summed E-state index contributed by atoms with van der Waals surface area (Å²) in [4.78, 5) is 16.4. The molecule has 0 atom stereocenters. The Hall–Kier alpha value is -1.40. The van der Waals surface area contributed by atoms with Gasteiger partial charge in [0.05, 0.1) is 6.20 Å². The van der Waals surface area contributed by atoms with Crippen molar-refractivity contribution >= 4 is 5.91 Å². The Bertz CT molecular complexity index is 433. The smallest absolute Gasteiger partial charge is 0.292 e. The molecule has 0 unspecified atom stereocenters. The van der Waals surface area contributed by atoms with Gasteiger partial charge in [-0.05, 0) is 6.92 Å². The van der Waals surface area contributed by atoms with E-state index in [1.807, 2.05) is 11.8 Å². The quantitative estimate of drug-likeness (QED) is 0.781. The number of hydrogen-bond donors (Lipinski definition) is 1. The van der Waals surface area contributed by atoms with Crippen LogP contribution < -0.4 is 5.32 Å². The van der Waals surface area contributed by atoms with Crippen molar-refractivity contribution in [3.05, 3.63) is 17.5 Å². The average molecular weight is 250 g/mol. The van der Waals surface area contributed by atoms with Gasteiger partial charge in [0.25, 0.3) is 5.91 Å². The van der Waals surface area contributed by atoms with Crippen LogP contribution in [0.5, 0.6) is 0 Å². The molecular formula is C12H18N4O2. The Morgan fingerprint density at radius 1 is 1.44 bits per heavy atom. The first-order chi connectivity index (χ1) is 8.75. The molecule has 3 heterocycles. The van der Waals surface area contributed by atoms with E-state index in [2.05, 4.69) is 15.4 Å². The number of rotatable bonds is 2. The predicted molar refractivity (Wildman–Crippen MR) is 65.4 cm³/mol. The minimum absolute atomic E-state index is 0.0311. The molecule has 0 spiro atoms. The van der Waals surface area contributed by atoms with Gasteiger partial charge in [-0.3, -0.25) is 9.69 Å². The normalized spacial score (nSPS) is 21.9. The van der Waals surface area contributed by atoms with E-state index in [1.165, 1.54) is 0 Å². The average Bonchev–Trinajstić information content (AvgIpc) is 2.75. The summed E-state index contributed by atoms with van der Waals surface area (Å²) in [6.07, 6.45) is 1.58. The number of aromatic nitrogens is 1. The molecule has 0 radical (unpaired) electrons. The second-order valence-corrected chi connectivity index (χ2v) is 4.99. The molecule has 2 fully saturated rings. The van der Waals surface area contributed by atoms with Crippen LogP contribution in [-0.4, -0.2) is 66.2 Å². The van der Waals surface area contributed by atoms with Gasteiger partial charge in [-0.15, -0.1) is 0 Å². The van der Waals surface area contributed by atoms with Gasteiger partial charge in [0.1, 0.15) is 0 Å². The molecule has 18 heavy (non-hydrogen) atoms. The van der Waals surface area contributed by atoms with Crippen LogP contribution >= 0.6 is 0 Å². The molecule has 0 bridgehead atoms. The number of carbonyl (C=O) groups is 1. The molecule has 1 aromatic rings. The van der Waals surface area contributed by atoms with Gasteiger partial charge in [-0.2, -0.15) is 0 Å². The van der Waals surface area contributed by atoms with E-state index < -0.39 is 0 Å². The van der Waals surface area contributed by atoms with Crippen LogP contribution in [0, 0.1) is 6.92 Å². The van der Waals surface area contributed by atoms with Gasteiger partial charge in [0, 0.05) is 50.9 Å². The molecule has 1 amide bonds. The van der Waals surface area contributed by atoms with Gasteiger partial charge in [-0.25, -0.2) is 0 Å². The summed E-state index contributed by atoms with van der Waals surface area (Å²) < 4.78 is 5.00. The highest BCUT2D eigenvalue weighted by atomic mass is 16.5. The van der Waals surface area contributed by atoms with E-state index in [1.54, 1.807) is 6.20 Å². The summed E-state index contributed by atoms with van der Waals surface area (Å²) in [6.45, 7) is 7.70. The summed E-state index contributed by atoms with van der Waals surface area (Å²) in [5.74, 6) is 0.352. The number of nitrogens with zero attached hydrogens (tertiary/aromatic N) is 3. The highest BCUT2D eigenvalue weighted by molar-refractivity contribution is 5.93. The number of nitrogens with one attached hydrogen (secondary N) is 1. The maximum atomic E-state index is 12.1.